The molecule has 1 aromatic carbocycles. The Morgan fingerprint density at radius 2 is 1.97 bits per heavy atom. The summed E-state index contributed by atoms with van der Waals surface area (Å²) in [5, 5.41) is 0. The molecule has 7 nitrogen and oxygen atoms in total. The number of nitrogens with one attached hydrogen (secondary N) is 1. The smallest absolute Gasteiger partial charge is 0.340 e. The number of ether oxygens (including phenoxy) is 1. The normalized spacial score (nSPS) is 16.1. The third kappa shape index (κ3) is 4.81. The molecule has 2 heterocycles. The van der Waals surface area contributed by atoms with Crippen LogP contribution in [-0.4, -0.2) is 38.8 Å². The molecule has 1 fully saturated rings. The zero-order valence-corrected chi connectivity index (χ0v) is 18.7. The summed E-state index contributed by atoms with van der Waals surface area (Å²) >= 11 is 1.00. The summed E-state index contributed by atoms with van der Waals surface area (Å²) in [6, 6.07) is 5.48. The molecule has 0 radical (unpaired) electrons. The van der Waals surface area contributed by atoms with Crippen LogP contribution in [0, 0.1) is 11.7 Å². The van der Waals surface area contributed by atoms with E-state index in [0.717, 1.165) is 24.2 Å². The van der Waals surface area contributed by atoms with Crippen molar-refractivity contribution in [2.75, 3.05) is 13.7 Å². The fourth-order valence-electron chi connectivity index (χ4n) is 3.63. The Balaban J connectivity index is 1.59. The number of halogens is 1. The maximum Gasteiger partial charge on any atom is 0.340 e. The third-order valence-electron chi connectivity index (χ3n) is 5.55. The van der Waals surface area contributed by atoms with Gasteiger partial charge in [-0.2, -0.15) is 0 Å². The van der Waals surface area contributed by atoms with Crippen LogP contribution in [0.5, 0.6) is 0 Å². The molecule has 4 rings (SSSR count). The zero-order valence-electron chi connectivity index (χ0n) is 17.0. The summed E-state index contributed by atoms with van der Waals surface area (Å²) in [4.78, 5) is 27.4. The molecule has 1 aliphatic carbocycles. The molecule has 1 saturated carbocycles. The maximum atomic E-state index is 13.1. The summed E-state index contributed by atoms with van der Waals surface area (Å²) in [5.74, 6) is -0.585. The van der Waals surface area contributed by atoms with Crippen molar-refractivity contribution < 1.29 is 27.1 Å². The van der Waals surface area contributed by atoms with Gasteiger partial charge in [-0.15, -0.1) is 11.3 Å². The van der Waals surface area contributed by atoms with Crippen molar-refractivity contribution in [2.24, 2.45) is 5.92 Å². The number of hydrogen-bond donors (Lipinski definition) is 1. The van der Waals surface area contributed by atoms with E-state index < -0.39 is 21.8 Å². The van der Waals surface area contributed by atoms with Gasteiger partial charge < -0.3 is 9.64 Å². The van der Waals surface area contributed by atoms with E-state index >= 15 is 0 Å². The predicted molar refractivity (Wildman–Crippen MR) is 113 cm³/mol. The highest BCUT2D eigenvalue weighted by Gasteiger charge is 2.35. The van der Waals surface area contributed by atoms with Gasteiger partial charge in [-0.3, -0.25) is 4.79 Å². The van der Waals surface area contributed by atoms with Crippen LogP contribution < -0.4 is 4.72 Å². The molecule has 0 saturated heterocycles. The number of rotatable bonds is 7. The Morgan fingerprint density at radius 3 is 2.61 bits per heavy atom. The van der Waals surface area contributed by atoms with Gasteiger partial charge in [-0.05, 0) is 48.4 Å². The monoisotopic (exact) mass is 466 g/mol. The van der Waals surface area contributed by atoms with Crippen LogP contribution in [0.1, 0.15) is 45.6 Å². The summed E-state index contributed by atoms with van der Waals surface area (Å²) < 4.78 is 46.4. The number of esters is 1. The number of sulfonamides is 1. The minimum Gasteiger partial charge on any atom is -0.465 e. The second-order valence-electron chi connectivity index (χ2n) is 7.82. The molecule has 0 unspecified atom stereocenters. The highest BCUT2D eigenvalue weighted by atomic mass is 32.2. The number of carbonyl (C=O) groups is 2. The van der Waals surface area contributed by atoms with E-state index in [-0.39, 0.29) is 22.2 Å². The number of hydrogen-bond acceptors (Lipinski definition) is 6. The lowest BCUT2D eigenvalue weighted by Gasteiger charge is -2.27. The second kappa shape index (κ2) is 8.68. The average Bonchev–Trinajstić information content (AvgIpc) is 3.48. The van der Waals surface area contributed by atoms with Gasteiger partial charge in [0.15, 0.2) is 0 Å². The summed E-state index contributed by atoms with van der Waals surface area (Å²) in [5.41, 5.74) is 1.26. The van der Waals surface area contributed by atoms with E-state index in [9.17, 15) is 22.4 Å². The molecule has 0 atom stereocenters. The van der Waals surface area contributed by atoms with E-state index in [1.807, 2.05) is 0 Å². The van der Waals surface area contributed by atoms with Crippen molar-refractivity contribution in [3.05, 3.63) is 51.7 Å². The highest BCUT2D eigenvalue weighted by Crippen LogP contribution is 2.38. The van der Waals surface area contributed by atoms with Gasteiger partial charge in [-0.1, -0.05) is 12.1 Å². The Bertz CT molecular complexity index is 1110. The summed E-state index contributed by atoms with van der Waals surface area (Å²) in [6.07, 6.45) is 3.09. The van der Waals surface area contributed by atoms with Crippen LogP contribution in [0.3, 0.4) is 0 Å². The number of nitrogens with zero attached hydrogens (tertiary/aromatic N) is 1. The minimum absolute atomic E-state index is 0.0439. The van der Waals surface area contributed by atoms with Gasteiger partial charge in [0.05, 0.1) is 19.2 Å². The molecule has 0 spiro atoms. The lowest BCUT2D eigenvalue weighted by atomic mass is 10.0. The lowest BCUT2D eigenvalue weighted by Crippen LogP contribution is -2.35. The molecule has 31 heavy (non-hydrogen) atoms. The first-order chi connectivity index (χ1) is 14.8. The number of amides is 1. The molecule has 1 N–H and O–H groups in total. The molecular formula is C21H23FN2O5S2. The minimum atomic E-state index is -4.02. The van der Waals surface area contributed by atoms with Crippen LogP contribution in [-0.2, 0) is 39.1 Å². The van der Waals surface area contributed by atoms with Gasteiger partial charge >= 0.3 is 5.97 Å². The van der Waals surface area contributed by atoms with Crippen LogP contribution >= 0.6 is 11.3 Å². The van der Waals surface area contributed by atoms with Gasteiger partial charge in [0, 0.05) is 24.4 Å². The van der Waals surface area contributed by atoms with Gasteiger partial charge in [0.25, 0.3) is 10.0 Å². The fourth-order valence-corrected chi connectivity index (χ4v) is 6.59. The van der Waals surface area contributed by atoms with Gasteiger partial charge in [0.2, 0.25) is 5.91 Å². The molecule has 166 valence electrons. The van der Waals surface area contributed by atoms with Crippen LogP contribution in [0.2, 0.25) is 0 Å². The molecule has 1 aliphatic heterocycles. The summed E-state index contributed by atoms with van der Waals surface area (Å²) in [6.45, 7) is 0.697. The first-order valence-electron chi connectivity index (χ1n) is 10.0. The number of carbonyl (C=O) groups excluding carboxylic acids is 2. The number of methoxy groups -OCH3 is 1. The quantitative estimate of drug-likeness (QED) is 0.634. The van der Waals surface area contributed by atoms with E-state index in [1.165, 1.54) is 31.4 Å². The van der Waals surface area contributed by atoms with E-state index in [4.69, 9.17) is 4.74 Å². The number of fused-ring (bicyclic) bond motifs is 1. The van der Waals surface area contributed by atoms with Crippen molar-refractivity contribution in [3.63, 3.8) is 0 Å². The summed E-state index contributed by atoms with van der Waals surface area (Å²) in [7, 11) is -2.81. The molecule has 2 aromatic rings. The van der Waals surface area contributed by atoms with Crippen LogP contribution in [0.25, 0.3) is 0 Å². The zero-order chi connectivity index (χ0) is 22.2. The van der Waals surface area contributed by atoms with Crippen molar-refractivity contribution >= 4 is 33.2 Å². The van der Waals surface area contributed by atoms with Gasteiger partial charge in [-0.25, -0.2) is 22.3 Å². The SMILES string of the molecule is COC(=O)c1c(S(=O)(=O)NCc2ccc(F)cc2)sc2c1CCN(C(=O)CC1CC1)C2. The van der Waals surface area contributed by atoms with Gasteiger partial charge in [0.1, 0.15) is 10.0 Å². The largest absolute Gasteiger partial charge is 0.465 e. The van der Waals surface area contributed by atoms with Crippen molar-refractivity contribution in [1.82, 2.24) is 9.62 Å². The Kier molecular flexibility index (Phi) is 6.14. The molecule has 1 aromatic heterocycles. The molecule has 1 amide bonds. The van der Waals surface area contributed by atoms with Crippen molar-refractivity contribution in [3.8, 4) is 0 Å². The highest BCUT2D eigenvalue weighted by molar-refractivity contribution is 7.91. The Labute approximate surface area is 184 Å². The maximum absolute atomic E-state index is 13.1. The molecule has 0 bridgehead atoms. The first-order valence-corrected chi connectivity index (χ1v) is 12.3. The Hall–Kier alpha value is -2.30. The van der Waals surface area contributed by atoms with E-state index in [0.29, 0.717) is 47.9 Å². The number of thiophene rings is 1. The predicted octanol–water partition coefficient (Wildman–Crippen LogP) is 2.84. The standard InChI is InChI=1S/C21H23FN2O5S2/c1-29-20(26)19-16-8-9-24(18(25)10-13-2-3-13)12-17(16)30-21(19)31(27,28)23-11-14-4-6-15(22)7-5-14/h4-7,13,23H,2-3,8-12H2,1H3. The van der Waals surface area contributed by atoms with Crippen LogP contribution in [0.15, 0.2) is 28.5 Å². The first kappa shape index (κ1) is 21.9. The molecular weight excluding hydrogens is 443 g/mol. The third-order valence-corrected chi connectivity index (χ3v) is 8.69. The molecule has 10 heteroatoms. The molecule has 2 aliphatic rings. The van der Waals surface area contributed by atoms with Crippen LogP contribution in [0.4, 0.5) is 4.39 Å². The fraction of sp³-hybridized carbons (Fsp3) is 0.429. The second-order valence-corrected chi connectivity index (χ2v) is 10.9. The topological polar surface area (TPSA) is 92.8 Å². The number of benzene rings is 1. The van der Waals surface area contributed by atoms with E-state index in [2.05, 4.69) is 4.72 Å². The van der Waals surface area contributed by atoms with Crippen molar-refractivity contribution in [1.29, 1.82) is 0 Å². The van der Waals surface area contributed by atoms with Crippen molar-refractivity contribution in [2.45, 2.75) is 43.0 Å². The van der Waals surface area contributed by atoms with E-state index in [1.54, 1.807) is 4.90 Å². The average molecular weight is 467 g/mol. The lowest BCUT2D eigenvalue weighted by molar-refractivity contribution is -0.132. The Morgan fingerprint density at radius 1 is 1.26 bits per heavy atom.